The first-order valence-electron chi connectivity index (χ1n) is 1.86. The SMILES string of the molecule is C=C/C(Cl)=C(/C)O. The van der Waals surface area contributed by atoms with Crippen LogP contribution in [0.5, 0.6) is 0 Å². The van der Waals surface area contributed by atoms with Crippen LogP contribution >= 0.6 is 11.6 Å². The minimum absolute atomic E-state index is 0.108. The highest BCUT2D eigenvalue weighted by molar-refractivity contribution is 6.31. The van der Waals surface area contributed by atoms with Crippen molar-refractivity contribution in [1.29, 1.82) is 0 Å². The molecular weight excluding hydrogens is 112 g/mol. The molecule has 0 radical (unpaired) electrons. The lowest BCUT2D eigenvalue weighted by molar-refractivity contribution is 0.413. The maximum absolute atomic E-state index is 8.50. The lowest BCUT2D eigenvalue weighted by Gasteiger charge is -1.86. The van der Waals surface area contributed by atoms with E-state index in [2.05, 4.69) is 6.58 Å². The van der Waals surface area contributed by atoms with Gasteiger partial charge in [-0.05, 0) is 13.0 Å². The second-order valence-corrected chi connectivity index (χ2v) is 1.54. The monoisotopic (exact) mass is 118 g/mol. The van der Waals surface area contributed by atoms with E-state index in [0.29, 0.717) is 5.03 Å². The molecule has 0 aromatic rings. The molecule has 2 heteroatoms. The quantitative estimate of drug-likeness (QED) is 0.414. The van der Waals surface area contributed by atoms with Crippen molar-refractivity contribution < 1.29 is 5.11 Å². The van der Waals surface area contributed by atoms with Crippen LogP contribution in [0.4, 0.5) is 0 Å². The van der Waals surface area contributed by atoms with E-state index in [4.69, 9.17) is 16.7 Å². The van der Waals surface area contributed by atoms with Crippen LogP contribution in [-0.2, 0) is 0 Å². The van der Waals surface area contributed by atoms with Gasteiger partial charge >= 0.3 is 0 Å². The van der Waals surface area contributed by atoms with Crippen molar-refractivity contribution in [1.82, 2.24) is 0 Å². The Morgan fingerprint density at radius 2 is 2.29 bits per heavy atom. The van der Waals surface area contributed by atoms with Crippen molar-refractivity contribution in [2.75, 3.05) is 0 Å². The number of allylic oxidation sites excluding steroid dienone is 3. The maximum Gasteiger partial charge on any atom is 0.108 e. The smallest absolute Gasteiger partial charge is 0.108 e. The Labute approximate surface area is 47.9 Å². The van der Waals surface area contributed by atoms with Crippen molar-refractivity contribution in [3.05, 3.63) is 23.4 Å². The highest BCUT2D eigenvalue weighted by atomic mass is 35.5. The molecule has 0 amide bonds. The Morgan fingerprint density at radius 1 is 1.86 bits per heavy atom. The Bertz CT molecular complexity index is 101. The minimum atomic E-state index is 0.108. The zero-order valence-electron chi connectivity index (χ0n) is 4.11. The molecule has 0 spiro atoms. The topological polar surface area (TPSA) is 20.2 Å². The second-order valence-electron chi connectivity index (χ2n) is 1.14. The summed E-state index contributed by atoms with van der Waals surface area (Å²) in [6.07, 6.45) is 1.39. The van der Waals surface area contributed by atoms with Crippen LogP contribution in [-0.4, -0.2) is 5.11 Å². The van der Waals surface area contributed by atoms with Gasteiger partial charge in [0, 0.05) is 0 Å². The summed E-state index contributed by atoms with van der Waals surface area (Å²) in [7, 11) is 0. The summed E-state index contributed by atoms with van der Waals surface area (Å²) in [4.78, 5) is 0. The van der Waals surface area contributed by atoms with Crippen molar-refractivity contribution in [2.24, 2.45) is 0 Å². The van der Waals surface area contributed by atoms with Crippen LogP contribution in [0.25, 0.3) is 0 Å². The Hall–Kier alpha value is -0.430. The summed E-state index contributed by atoms with van der Waals surface area (Å²) in [6, 6.07) is 0. The van der Waals surface area contributed by atoms with Crippen LogP contribution in [0.3, 0.4) is 0 Å². The molecule has 1 N–H and O–H groups in total. The van der Waals surface area contributed by atoms with E-state index >= 15 is 0 Å². The Balaban J connectivity index is 3.98. The Kier molecular flexibility index (Phi) is 2.53. The molecule has 0 saturated carbocycles. The first-order chi connectivity index (χ1) is 3.18. The zero-order valence-corrected chi connectivity index (χ0v) is 4.87. The molecule has 0 aliphatic rings. The average molecular weight is 119 g/mol. The standard InChI is InChI=1S/C5H7ClO/c1-3-5(6)4(2)7/h3,7H,1H2,2H3/b5-4+. The van der Waals surface area contributed by atoms with Crippen molar-refractivity contribution in [2.45, 2.75) is 6.92 Å². The predicted octanol–water partition coefficient (Wildman–Crippen LogP) is 2.20. The summed E-state index contributed by atoms with van der Waals surface area (Å²) in [5, 5.41) is 8.80. The highest BCUT2D eigenvalue weighted by Gasteiger charge is 1.85. The normalized spacial score (nSPS) is 12.9. The van der Waals surface area contributed by atoms with Crippen molar-refractivity contribution >= 4 is 11.6 Å². The van der Waals surface area contributed by atoms with Gasteiger partial charge in [-0.15, -0.1) is 0 Å². The van der Waals surface area contributed by atoms with Gasteiger partial charge in [0.2, 0.25) is 0 Å². The fourth-order valence-corrected chi connectivity index (χ4v) is 0.148. The van der Waals surface area contributed by atoms with Gasteiger partial charge in [-0.3, -0.25) is 0 Å². The van der Waals surface area contributed by atoms with E-state index in [1.165, 1.54) is 13.0 Å². The van der Waals surface area contributed by atoms with Crippen LogP contribution in [0.2, 0.25) is 0 Å². The number of aliphatic hydroxyl groups is 1. The Morgan fingerprint density at radius 3 is 2.29 bits per heavy atom. The van der Waals surface area contributed by atoms with E-state index in [-0.39, 0.29) is 5.76 Å². The highest BCUT2D eigenvalue weighted by Crippen LogP contribution is 2.05. The molecule has 0 aliphatic carbocycles. The summed E-state index contributed by atoms with van der Waals surface area (Å²) in [5.74, 6) is 0.108. The van der Waals surface area contributed by atoms with Crippen LogP contribution in [0, 0.1) is 0 Å². The fraction of sp³-hybridized carbons (Fsp3) is 0.200. The predicted molar refractivity (Wildman–Crippen MR) is 31.4 cm³/mol. The summed E-state index contributed by atoms with van der Waals surface area (Å²) >= 11 is 5.31. The fourth-order valence-electron chi connectivity index (χ4n) is 0.148. The molecule has 40 valence electrons. The third kappa shape index (κ3) is 2.29. The molecule has 0 aromatic heterocycles. The van der Waals surface area contributed by atoms with E-state index < -0.39 is 0 Å². The minimum Gasteiger partial charge on any atom is -0.511 e. The molecule has 1 nitrogen and oxygen atoms in total. The number of hydrogen-bond acceptors (Lipinski definition) is 1. The van der Waals surface area contributed by atoms with Gasteiger partial charge in [-0.2, -0.15) is 0 Å². The molecular formula is C5H7ClO. The molecule has 0 fully saturated rings. The van der Waals surface area contributed by atoms with Crippen molar-refractivity contribution in [3.63, 3.8) is 0 Å². The second kappa shape index (κ2) is 2.69. The molecule has 0 heterocycles. The lowest BCUT2D eigenvalue weighted by Crippen LogP contribution is -1.70. The molecule has 0 rings (SSSR count). The van der Waals surface area contributed by atoms with Crippen LogP contribution < -0.4 is 0 Å². The van der Waals surface area contributed by atoms with Crippen molar-refractivity contribution in [3.8, 4) is 0 Å². The van der Waals surface area contributed by atoms with Gasteiger partial charge in [-0.1, -0.05) is 18.2 Å². The first kappa shape index (κ1) is 6.57. The van der Waals surface area contributed by atoms with Gasteiger partial charge in [0.15, 0.2) is 0 Å². The van der Waals surface area contributed by atoms with Gasteiger partial charge in [0.1, 0.15) is 5.76 Å². The largest absolute Gasteiger partial charge is 0.511 e. The number of aliphatic hydroxyl groups excluding tert-OH is 1. The van der Waals surface area contributed by atoms with E-state index in [1.807, 2.05) is 0 Å². The van der Waals surface area contributed by atoms with Crippen LogP contribution in [0.15, 0.2) is 23.4 Å². The molecule has 0 unspecified atom stereocenters. The van der Waals surface area contributed by atoms with Gasteiger partial charge < -0.3 is 5.11 Å². The molecule has 0 aromatic carbocycles. The first-order valence-corrected chi connectivity index (χ1v) is 2.24. The van der Waals surface area contributed by atoms with Gasteiger partial charge in [-0.25, -0.2) is 0 Å². The summed E-state index contributed by atoms with van der Waals surface area (Å²) in [6.45, 7) is 4.84. The number of hydrogen-bond donors (Lipinski definition) is 1. The average Bonchev–Trinajstić information content (AvgIpc) is 1.65. The lowest BCUT2D eigenvalue weighted by atomic mass is 10.5. The maximum atomic E-state index is 8.50. The third-order valence-electron chi connectivity index (χ3n) is 0.525. The third-order valence-corrected chi connectivity index (χ3v) is 0.953. The van der Waals surface area contributed by atoms with Crippen LogP contribution in [0.1, 0.15) is 6.92 Å². The van der Waals surface area contributed by atoms with Gasteiger partial charge in [0.05, 0.1) is 5.03 Å². The van der Waals surface area contributed by atoms with E-state index in [1.54, 1.807) is 0 Å². The van der Waals surface area contributed by atoms with E-state index in [0.717, 1.165) is 0 Å². The number of rotatable bonds is 1. The molecule has 0 atom stereocenters. The summed E-state index contributed by atoms with van der Waals surface area (Å²) < 4.78 is 0. The molecule has 7 heavy (non-hydrogen) atoms. The van der Waals surface area contributed by atoms with E-state index in [9.17, 15) is 0 Å². The molecule has 0 aliphatic heterocycles. The van der Waals surface area contributed by atoms with Gasteiger partial charge in [0.25, 0.3) is 0 Å². The molecule has 0 bridgehead atoms. The number of halogens is 1. The zero-order chi connectivity index (χ0) is 5.86. The summed E-state index contributed by atoms with van der Waals surface area (Å²) in [5.41, 5.74) is 0. The molecule has 0 saturated heterocycles.